The molecular weight excluding hydrogens is 301 g/mol. The van der Waals surface area contributed by atoms with Crippen molar-refractivity contribution < 1.29 is 8.81 Å². The normalized spacial score (nSPS) is 19.5. The molecule has 2 heterocycles. The molecule has 4 nitrogen and oxygen atoms in total. The Labute approximate surface area is 134 Å². The van der Waals surface area contributed by atoms with Crippen molar-refractivity contribution in [2.45, 2.75) is 24.5 Å². The van der Waals surface area contributed by atoms with Gasteiger partial charge in [0.2, 0.25) is 5.89 Å². The number of likely N-dealkylation sites (tertiary alicyclic amines) is 1. The van der Waals surface area contributed by atoms with Crippen molar-refractivity contribution in [2.75, 3.05) is 25.9 Å². The Morgan fingerprint density at radius 2 is 2.23 bits per heavy atom. The maximum atomic E-state index is 13.6. The molecule has 1 atom stereocenters. The zero-order valence-electron chi connectivity index (χ0n) is 12.7. The molecule has 1 aliphatic heterocycles. The predicted octanol–water partition coefficient (Wildman–Crippen LogP) is 3.23. The van der Waals surface area contributed by atoms with Gasteiger partial charge in [-0.25, -0.2) is 4.39 Å². The van der Waals surface area contributed by atoms with E-state index in [0.29, 0.717) is 29.0 Å². The second kappa shape index (κ2) is 7.24. The molecule has 0 radical (unpaired) electrons. The Morgan fingerprint density at radius 1 is 1.36 bits per heavy atom. The van der Waals surface area contributed by atoms with Crippen LogP contribution in [0.2, 0.25) is 0 Å². The van der Waals surface area contributed by atoms with Crippen LogP contribution in [0.1, 0.15) is 24.3 Å². The summed E-state index contributed by atoms with van der Waals surface area (Å²) in [5.41, 5.74) is 0.580. The minimum absolute atomic E-state index is 0.236. The fourth-order valence-corrected chi connectivity index (χ4v) is 3.68. The van der Waals surface area contributed by atoms with Crippen LogP contribution in [-0.2, 0) is 6.42 Å². The van der Waals surface area contributed by atoms with Gasteiger partial charge >= 0.3 is 0 Å². The summed E-state index contributed by atoms with van der Waals surface area (Å²) in [5.74, 6) is 1.89. The largest absolute Gasteiger partial charge is 0.416 e. The third kappa shape index (κ3) is 4.08. The second-order valence-corrected chi connectivity index (χ2v) is 6.78. The summed E-state index contributed by atoms with van der Waals surface area (Å²) in [4.78, 5) is 2.37. The molecule has 1 saturated heterocycles. The van der Waals surface area contributed by atoms with Gasteiger partial charge in [-0.3, -0.25) is 0 Å². The molecule has 1 aliphatic rings. The summed E-state index contributed by atoms with van der Waals surface area (Å²) in [6.07, 6.45) is 2.85. The van der Waals surface area contributed by atoms with Gasteiger partial charge < -0.3 is 9.32 Å². The Morgan fingerprint density at radius 3 is 3.05 bits per heavy atom. The van der Waals surface area contributed by atoms with Gasteiger partial charge in [0.1, 0.15) is 5.82 Å². The second-order valence-electron chi connectivity index (χ2n) is 5.81. The highest BCUT2D eigenvalue weighted by Gasteiger charge is 2.18. The van der Waals surface area contributed by atoms with E-state index in [0.717, 1.165) is 12.3 Å². The van der Waals surface area contributed by atoms with Crippen LogP contribution in [0.25, 0.3) is 0 Å². The fourth-order valence-electron chi connectivity index (χ4n) is 2.77. The molecule has 1 fully saturated rings. The Kier molecular flexibility index (Phi) is 5.10. The summed E-state index contributed by atoms with van der Waals surface area (Å²) in [6, 6.07) is 6.67. The van der Waals surface area contributed by atoms with Gasteiger partial charge in [-0.1, -0.05) is 30.0 Å². The predicted molar refractivity (Wildman–Crippen MR) is 84.4 cm³/mol. The highest BCUT2D eigenvalue weighted by Crippen LogP contribution is 2.25. The van der Waals surface area contributed by atoms with Crippen LogP contribution in [0.3, 0.4) is 0 Å². The van der Waals surface area contributed by atoms with E-state index in [1.54, 1.807) is 23.9 Å². The highest BCUT2D eigenvalue weighted by atomic mass is 32.2. The van der Waals surface area contributed by atoms with Crippen LogP contribution >= 0.6 is 11.8 Å². The molecular formula is C16H20FN3OS. The van der Waals surface area contributed by atoms with Gasteiger partial charge in [-0.05, 0) is 44.0 Å². The molecule has 0 N–H and O–H groups in total. The molecule has 2 aromatic rings. The smallest absolute Gasteiger partial charge is 0.276 e. The van der Waals surface area contributed by atoms with Crippen LogP contribution < -0.4 is 0 Å². The summed E-state index contributed by atoms with van der Waals surface area (Å²) in [5, 5.41) is 8.66. The molecule has 0 aliphatic carbocycles. The van der Waals surface area contributed by atoms with Crippen LogP contribution in [0.15, 0.2) is 33.9 Å². The lowest BCUT2D eigenvalue weighted by atomic mass is 10.0. The van der Waals surface area contributed by atoms with Gasteiger partial charge in [0, 0.05) is 12.3 Å². The number of piperidine rings is 1. The highest BCUT2D eigenvalue weighted by molar-refractivity contribution is 7.99. The van der Waals surface area contributed by atoms with Crippen LogP contribution in [-0.4, -0.2) is 41.0 Å². The van der Waals surface area contributed by atoms with Crippen molar-refractivity contribution in [1.29, 1.82) is 0 Å². The topological polar surface area (TPSA) is 42.2 Å². The molecule has 0 amide bonds. The maximum Gasteiger partial charge on any atom is 0.276 e. The molecule has 6 heteroatoms. The molecule has 0 bridgehead atoms. The summed E-state index contributed by atoms with van der Waals surface area (Å²) < 4.78 is 19.2. The lowest BCUT2D eigenvalue weighted by Gasteiger charge is -2.28. The number of rotatable bonds is 5. The van der Waals surface area contributed by atoms with E-state index < -0.39 is 0 Å². The van der Waals surface area contributed by atoms with E-state index >= 15 is 0 Å². The van der Waals surface area contributed by atoms with Gasteiger partial charge in [-0.15, -0.1) is 10.2 Å². The van der Waals surface area contributed by atoms with Crippen molar-refractivity contribution in [3.05, 3.63) is 41.5 Å². The monoisotopic (exact) mass is 321 g/mol. The maximum absolute atomic E-state index is 13.6. The number of halogens is 1. The first-order chi connectivity index (χ1) is 10.7. The molecule has 118 valence electrons. The van der Waals surface area contributed by atoms with Gasteiger partial charge in [0.05, 0.1) is 6.42 Å². The first kappa shape index (κ1) is 15.5. The van der Waals surface area contributed by atoms with Crippen molar-refractivity contribution in [3.63, 3.8) is 0 Å². The molecule has 1 aromatic heterocycles. The van der Waals surface area contributed by atoms with E-state index in [1.165, 1.54) is 25.5 Å². The first-order valence-corrected chi connectivity index (χ1v) is 8.56. The number of nitrogens with zero attached hydrogens (tertiary/aromatic N) is 3. The van der Waals surface area contributed by atoms with Crippen molar-refractivity contribution >= 4 is 11.8 Å². The van der Waals surface area contributed by atoms with Crippen molar-refractivity contribution in [2.24, 2.45) is 5.92 Å². The van der Waals surface area contributed by atoms with Gasteiger partial charge in [-0.2, -0.15) is 0 Å². The molecule has 0 spiro atoms. The number of aromatic nitrogens is 2. The summed E-state index contributed by atoms with van der Waals surface area (Å²) in [7, 11) is 2.16. The summed E-state index contributed by atoms with van der Waals surface area (Å²) >= 11 is 1.60. The molecule has 0 unspecified atom stereocenters. The third-order valence-corrected chi connectivity index (χ3v) is 4.96. The van der Waals surface area contributed by atoms with E-state index in [4.69, 9.17) is 4.42 Å². The number of hydrogen-bond acceptors (Lipinski definition) is 5. The van der Waals surface area contributed by atoms with Gasteiger partial charge in [0.25, 0.3) is 5.22 Å². The average Bonchev–Trinajstić information content (AvgIpc) is 2.95. The van der Waals surface area contributed by atoms with E-state index in [2.05, 4.69) is 22.1 Å². The number of benzene rings is 1. The quantitative estimate of drug-likeness (QED) is 0.791. The molecule has 0 saturated carbocycles. The fraction of sp³-hybridized carbons (Fsp3) is 0.500. The molecule has 1 aromatic carbocycles. The lowest BCUT2D eigenvalue weighted by molar-refractivity contribution is 0.224. The molecule has 22 heavy (non-hydrogen) atoms. The van der Waals surface area contributed by atoms with Crippen LogP contribution in [0, 0.1) is 11.7 Å². The average molecular weight is 321 g/mol. The Hall–Kier alpha value is -1.40. The Balaban J connectivity index is 1.54. The van der Waals surface area contributed by atoms with Gasteiger partial charge in [0.15, 0.2) is 0 Å². The molecule has 3 rings (SSSR count). The first-order valence-electron chi connectivity index (χ1n) is 7.58. The van der Waals surface area contributed by atoms with E-state index in [-0.39, 0.29) is 5.82 Å². The number of thioether (sulfide) groups is 1. The lowest BCUT2D eigenvalue weighted by Crippen LogP contribution is -2.33. The van der Waals surface area contributed by atoms with Crippen molar-refractivity contribution in [3.8, 4) is 0 Å². The number of hydrogen-bond donors (Lipinski definition) is 0. The zero-order chi connectivity index (χ0) is 15.4. The Bertz CT molecular complexity index is 619. The van der Waals surface area contributed by atoms with Crippen LogP contribution in [0.5, 0.6) is 0 Å². The standard InChI is InChI=1S/C16H20FN3OS/c1-20-8-4-5-12(10-20)11-22-16-19-18-15(21-16)9-13-6-2-3-7-14(13)17/h2-3,6-7,12H,4-5,8-11H2,1H3/t12-/m0/s1. The van der Waals surface area contributed by atoms with E-state index in [9.17, 15) is 4.39 Å². The minimum Gasteiger partial charge on any atom is -0.416 e. The van der Waals surface area contributed by atoms with Crippen molar-refractivity contribution in [1.82, 2.24) is 15.1 Å². The van der Waals surface area contributed by atoms with Crippen LogP contribution in [0.4, 0.5) is 4.39 Å². The summed E-state index contributed by atoms with van der Waals surface area (Å²) in [6.45, 7) is 2.32. The van der Waals surface area contributed by atoms with E-state index in [1.807, 2.05) is 6.07 Å². The third-order valence-electron chi connectivity index (χ3n) is 3.91. The zero-order valence-corrected chi connectivity index (χ0v) is 13.5. The minimum atomic E-state index is -0.236. The SMILES string of the molecule is CN1CCC[C@H](CSc2nnc(Cc3ccccc3F)o2)C1.